The Balaban J connectivity index is 0.0000102. The Bertz CT molecular complexity index is 664. The normalized spacial score (nSPS) is 53.4. The lowest BCUT2D eigenvalue weighted by molar-refractivity contribution is -0.899. The molecule has 1 aliphatic rings. The first kappa shape index (κ1) is 3.81. The molecule has 0 aliphatic carbocycles. The summed E-state index contributed by atoms with van der Waals surface area (Å²) >= 11 is 0. The van der Waals surface area contributed by atoms with Gasteiger partial charge in [-0.3, -0.25) is 0 Å². The van der Waals surface area contributed by atoms with Gasteiger partial charge in [0.05, 0.1) is 28.5 Å². The maximum atomic E-state index is 13.7. The summed E-state index contributed by atoms with van der Waals surface area (Å²) in [5, 5.41) is 12.3. The number of quaternary nitrogens is 1. The van der Waals surface area contributed by atoms with E-state index in [4.69, 9.17) is 23.3 Å². The summed E-state index contributed by atoms with van der Waals surface area (Å²) in [6, 6.07) is -3.74. The molecule has 97 valence electrons. The van der Waals surface area contributed by atoms with Crippen LogP contribution >= 0.6 is 0 Å². The lowest BCUT2D eigenvalue weighted by atomic mass is 9.78. The van der Waals surface area contributed by atoms with Gasteiger partial charge in [0.1, 0.15) is 0 Å². The molecule has 0 aromatic heterocycles. The van der Waals surface area contributed by atoms with E-state index in [1.54, 1.807) is 0 Å². The molecule has 1 saturated heterocycles. The molecule has 0 N–H and O–H groups in total. The molecule has 3 nitrogen and oxygen atoms in total. The standard InChI is InChI=1S/C12H26N2O.HI/c1-11(2)8-10(14(5,6)7)9-12(3,4)13(11)15;/h10H,8-9H2,1-7H3;1H/q+1;/p-1/i1D3,2D3,3D3,4D3,8D2,9D2,10D;. The van der Waals surface area contributed by atoms with Crippen LogP contribution in [0.15, 0.2) is 0 Å². The van der Waals surface area contributed by atoms with Gasteiger partial charge in [-0.1, -0.05) is 0 Å². The molecule has 0 aromatic rings. The minimum absolute atomic E-state index is 0. The van der Waals surface area contributed by atoms with Gasteiger partial charge in [-0.15, -0.1) is 10.3 Å². The molecule has 1 heterocycles. The molecule has 1 fully saturated rings. The van der Waals surface area contributed by atoms with Gasteiger partial charge in [0.2, 0.25) is 0 Å². The molecule has 0 amide bonds. The van der Waals surface area contributed by atoms with E-state index in [2.05, 4.69) is 0 Å². The van der Waals surface area contributed by atoms with Crippen LogP contribution in [-0.2, 0) is 5.21 Å². The number of nitrogens with zero attached hydrogens (tertiary/aromatic N) is 2. The first-order valence-corrected chi connectivity index (χ1v) is 4.20. The van der Waals surface area contributed by atoms with E-state index in [1.165, 1.54) is 0 Å². The van der Waals surface area contributed by atoms with Crippen LogP contribution in [0.2, 0.25) is 0 Å². The Hall–Kier alpha value is 0.610. The molecule has 1 rings (SSSR count). The Morgan fingerprint density at radius 1 is 1.25 bits per heavy atom. The van der Waals surface area contributed by atoms with Gasteiger partial charge in [-0.2, -0.15) is 0 Å². The summed E-state index contributed by atoms with van der Waals surface area (Å²) in [5.74, 6) is 0. The number of halogens is 1. The van der Waals surface area contributed by atoms with Crippen LogP contribution in [0.25, 0.3) is 0 Å². The van der Waals surface area contributed by atoms with Crippen LogP contribution in [0.4, 0.5) is 0 Å². The molecular weight excluding hydrogens is 315 g/mol. The number of rotatable bonds is 1. The summed E-state index contributed by atoms with van der Waals surface area (Å²) in [6.07, 6.45) is -8.31. The summed E-state index contributed by atoms with van der Waals surface area (Å²) in [5.41, 5.74) is -8.90. The van der Waals surface area contributed by atoms with Crippen LogP contribution in [0.1, 0.15) is 63.5 Å². The number of hydroxylamine groups is 2. The highest BCUT2D eigenvalue weighted by molar-refractivity contribution is 4.96. The average molecular weight is 358 g/mol. The first-order chi connectivity index (χ1) is 13.4. The molecule has 0 unspecified atom stereocenters. The zero-order valence-corrected chi connectivity index (χ0v) is 11.3. The second kappa shape index (κ2) is 4.71. The van der Waals surface area contributed by atoms with Crippen LogP contribution < -0.4 is 24.0 Å². The molecule has 0 atom stereocenters. The molecule has 16 heavy (non-hydrogen) atoms. The van der Waals surface area contributed by atoms with Crippen molar-refractivity contribution in [3.05, 3.63) is 0 Å². The zero-order chi connectivity index (χ0) is 26.6. The molecule has 1 radical (unpaired) electrons. The van der Waals surface area contributed by atoms with Crippen molar-refractivity contribution in [3.8, 4) is 0 Å². The third-order valence-corrected chi connectivity index (χ3v) is 1.88. The fourth-order valence-electron chi connectivity index (χ4n) is 1.06. The monoisotopic (exact) mass is 358 g/mol. The van der Waals surface area contributed by atoms with E-state index in [1.807, 2.05) is 0 Å². The van der Waals surface area contributed by atoms with Gasteiger partial charge in [0.15, 0.2) is 0 Å². The lowest BCUT2D eigenvalue weighted by Crippen LogP contribution is -3.00. The predicted octanol–water partition coefficient (Wildman–Crippen LogP) is -0.936. The van der Waals surface area contributed by atoms with Crippen molar-refractivity contribution in [2.45, 2.75) is 57.2 Å². The number of hydrogen-bond acceptors (Lipinski definition) is 1. The van der Waals surface area contributed by atoms with E-state index >= 15 is 0 Å². The van der Waals surface area contributed by atoms with Crippen molar-refractivity contribution < 1.29 is 57.0 Å². The lowest BCUT2D eigenvalue weighted by Gasteiger charge is -2.52. The molecule has 0 aromatic carbocycles. The number of piperidine rings is 1. The van der Waals surface area contributed by atoms with Crippen LogP contribution in [0, 0.1) is 0 Å². The van der Waals surface area contributed by atoms with Gasteiger partial charge in [-0.25, -0.2) is 0 Å². The third-order valence-electron chi connectivity index (χ3n) is 1.88. The Morgan fingerprint density at radius 3 is 1.88 bits per heavy atom. The fraction of sp³-hybridized carbons (Fsp3) is 1.00. The maximum absolute atomic E-state index is 13.7. The molecule has 1 aliphatic heterocycles. The van der Waals surface area contributed by atoms with Crippen molar-refractivity contribution in [2.24, 2.45) is 0 Å². The van der Waals surface area contributed by atoms with E-state index in [9.17, 15) is 5.21 Å². The van der Waals surface area contributed by atoms with Gasteiger partial charge >= 0.3 is 0 Å². The molecule has 4 heteroatoms. The van der Waals surface area contributed by atoms with Gasteiger partial charge < -0.3 is 28.5 Å². The summed E-state index contributed by atoms with van der Waals surface area (Å²) in [7, 11) is 2.82. The van der Waals surface area contributed by atoms with E-state index in [0.717, 1.165) is 21.1 Å². The fourth-order valence-corrected chi connectivity index (χ4v) is 1.06. The second-order valence-corrected chi connectivity index (χ2v) is 4.33. The summed E-state index contributed by atoms with van der Waals surface area (Å²) in [4.78, 5) is 0. The molecule has 0 bridgehead atoms. The number of hydrogen-bond donors (Lipinski definition) is 0. The van der Waals surface area contributed by atoms with E-state index in [0.29, 0.717) is 0 Å². The molecule has 0 spiro atoms. The Labute approximate surface area is 141 Å². The summed E-state index contributed by atoms with van der Waals surface area (Å²) < 4.78 is 136. The first-order valence-electron chi connectivity index (χ1n) is 12.7. The van der Waals surface area contributed by atoms with Crippen molar-refractivity contribution in [1.82, 2.24) is 5.06 Å². The highest BCUT2D eigenvalue weighted by Crippen LogP contribution is 2.39. The Morgan fingerprint density at radius 2 is 1.62 bits per heavy atom. The van der Waals surface area contributed by atoms with E-state index < -0.39 is 66.8 Å². The highest BCUT2D eigenvalue weighted by Gasteiger charge is 2.49. The van der Waals surface area contributed by atoms with Crippen LogP contribution in [0.3, 0.4) is 0 Å². The zero-order valence-electron chi connectivity index (χ0n) is 26.2. The van der Waals surface area contributed by atoms with Gasteiger partial charge in [0.25, 0.3) is 0 Å². The molecular formula is C12H26IN2O. The van der Waals surface area contributed by atoms with Gasteiger partial charge in [0, 0.05) is 45.8 Å². The average Bonchev–Trinajstić information content (AvgIpc) is 2.36. The summed E-state index contributed by atoms with van der Waals surface area (Å²) in [6.45, 7) is -16.9. The maximum Gasteiger partial charge on any atom is 0.0963 e. The quantitative estimate of drug-likeness (QED) is 0.439. The minimum Gasteiger partial charge on any atom is -1.00 e. The van der Waals surface area contributed by atoms with Crippen molar-refractivity contribution >= 4 is 0 Å². The smallest absolute Gasteiger partial charge is 0.0963 e. The third kappa shape index (κ3) is 3.31. The predicted molar refractivity (Wildman–Crippen MR) is 61.7 cm³/mol. The SMILES string of the molecule is [2H]C([2H])([2H])C1(C([2H])([2H])[2H])N([O])C(C([2H])([2H])[2H])(C([2H])([2H])[2H])C([2H])([2H])C([2H])([N+](C)(C)C)C1([2H])[2H].[I-]. The van der Waals surface area contributed by atoms with Gasteiger partial charge in [-0.05, 0) is 27.4 Å². The van der Waals surface area contributed by atoms with Crippen molar-refractivity contribution in [1.29, 1.82) is 0 Å². The van der Waals surface area contributed by atoms with E-state index in [-0.39, 0.29) is 24.0 Å². The second-order valence-electron chi connectivity index (χ2n) is 4.33. The van der Waals surface area contributed by atoms with Crippen LogP contribution in [0.5, 0.6) is 0 Å². The Kier molecular flexibility index (Phi) is 1.12. The highest BCUT2D eigenvalue weighted by atomic mass is 127. The van der Waals surface area contributed by atoms with Crippen molar-refractivity contribution in [3.63, 3.8) is 0 Å². The topological polar surface area (TPSA) is 23.1 Å². The minimum atomic E-state index is -4.45. The van der Waals surface area contributed by atoms with Crippen molar-refractivity contribution in [2.75, 3.05) is 21.1 Å². The van der Waals surface area contributed by atoms with Crippen LogP contribution in [-0.4, -0.2) is 47.8 Å². The molecule has 0 saturated carbocycles. The largest absolute Gasteiger partial charge is 1.00 e.